The summed E-state index contributed by atoms with van der Waals surface area (Å²) in [6, 6.07) is 0.966. The van der Waals surface area contributed by atoms with Crippen LogP contribution in [0.15, 0.2) is 6.33 Å². The minimum absolute atomic E-state index is 0.482. The van der Waals surface area contributed by atoms with Gasteiger partial charge < -0.3 is 19.9 Å². The summed E-state index contributed by atoms with van der Waals surface area (Å²) in [6.07, 6.45) is 3.75. The van der Waals surface area contributed by atoms with E-state index >= 15 is 0 Å². The van der Waals surface area contributed by atoms with Crippen LogP contribution < -0.4 is 10.6 Å². The molecule has 1 aromatic rings. The number of hydrogen-bond acceptors (Lipinski definition) is 5. The van der Waals surface area contributed by atoms with Gasteiger partial charge in [-0.25, -0.2) is 0 Å². The number of hydrogen-bond donors (Lipinski definition) is 2. The summed E-state index contributed by atoms with van der Waals surface area (Å²) in [7, 11) is 1.97. The van der Waals surface area contributed by atoms with Crippen molar-refractivity contribution in [3.8, 4) is 0 Å². The Morgan fingerprint density at radius 3 is 3.22 bits per heavy atom. The third-order valence-corrected chi connectivity index (χ3v) is 3.28. The Balaban J connectivity index is 1.62. The molecule has 0 bridgehead atoms. The topological polar surface area (TPSA) is 64.0 Å². The van der Waals surface area contributed by atoms with Gasteiger partial charge in [-0.15, -0.1) is 10.2 Å². The first-order chi connectivity index (χ1) is 8.75. The van der Waals surface area contributed by atoms with Gasteiger partial charge in [0.15, 0.2) is 0 Å². The van der Waals surface area contributed by atoms with Crippen LogP contribution in [0.1, 0.15) is 19.2 Å². The second-order valence-corrected chi connectivity index (χ2v) is 4.92. The second kappa shape index (κ2) is 6.82. The summed E-state index contributed by atoms with van der Waals surface area (Å²) in [5.41, 5.74) is 0. The first-order valence-electron chi connectivity index (χ1n) is 6.63. The van der Waals surface area contributed by atoms with E-state index in [2.05, 4.69) is 27.8 Å². The predicted octanol–water partition coefficient (Wildman–Crippen LogP) is -0.286. The molecule has 0 saturated carbocycles. The fourth-order valence-electron chi connectivity index (χ4n) is 2.25. The highest BCUT2D eigenvalue weighted by Gasteiger charge is 2.15. The predicted molar refractivity (Wildman–Crippen MR) is 69.4 cm³/mol. The van der Waals surface area contributed by atoms with Crippen molar-refractivity contribution in [1.29, 1.82) is 0 Å². The molecule has 1 aliphatic heterocycles. The van der Waals surface area contributed by atoms with Crippen LogP contribution in [0.3, 0.4) is 0 Å². The average molecular weight is 253 g/mol. The zero-order valence-corrected chi connectivity index (χ0v) is 11.2. The van der Waals surface area contributed by atoms with Crippen molar-refractivity contribution in [3.05, 3.63) is 12.2 Å². The molecule has 2 heterocycles. The molecule has 0 aromatic carbocycles. The highest BCUT2D eigenvalue weighted by molar-refractivity contribution is 4.85. The molecule has 18 heavy (non-hydrogen) atoms. The van der Waals surface area contributed by atoms with Crippen molar-refractivity contribution >= 4 is 0 Å². The van der Waals surface area contributed by atoms with E-state index in [1.807, 2.05) is 11.6 Å². The van der Waals surface area contributed by atoms with Gasteiger partial charge in [0.05, 0.1) is 13.2 Å². The number of nitrogens with zero attached hydrogens (tertiary/aromatic N) is 3. The fraction of sp³-hybridized carbons (Fsp3) is 0.833. The van der Waals surface area contributed by atoms with Gasteiger partial charge in [0.25, 0.3) is 0 Å². The molecule has 0 spiro atoms. The maximum atomic E-state index is 5.45. The quantitative estimate of drug-likeness (QED) is 0.730. The number of ether oxygens (including phenoxy) is 1. The van der Waals surface area contributed by atoms with Crippen molar-refractivity contribution in [2.45, 2.75) is 31.8 Å². The molecule has 2 N–H and O–H groups in total. The zero-order chi connectivity index (χ0) is 12.8. The smallest absolute Gasteiger partial charge is 0.133 e. The Morgan fingerprint density at radius 2 is 2.56 bits per heavy atom. The van der Waals surface area contributed by atoms with E-state index in [1.165, 1.54) is 0 Å². The van der Waals surface area contributed by atoms with Crippen molar-refractivity contribution in [2.75, 3.05) is 26.3 Å². The molecule has 2 rings (SSSR count). The van der Waals surface area contributed by atoms with E-state index < -0.39 is 0 Å². The summed E-state index contributed by atoms with van der Waals surface area (Å²) in [6.45, 7) is 5.78. The minimum atomic E-state index is 0.482. The van der Waals surface area contributed by atoms with Gasteiger partial charge in [0, 0.05) is 38.6 Å². The van der Waals surface area contributed by atoms with Crippen LogP contribution in [-0.4, -0.2) is 53.2 Å². The van der Waals surface area contributed by atoms with Gasteiger partial charge in [-0.3, -0.25) is 0 Å². The van der Waals surface area contributed by atoms with Crippen molar-refractivity contribution in [1.82, 2.24) is 25.4 Å². The number of rotatable bonds is 6. The van der Waals surface area contributed by atoms with Crippen LogP contribution in [0.2, 0.25) is 0 Å². The third-order valence-electron chi connectivity index (χ3n) is 3.28. The van der Waals surface area contributed by atoms with Gasteiger partial charge in [0.1, 0.15) is 12.2 Å². The molecule has 1 aromatic heterocycles. The molecule has 1 aliphatic rings. The largest absolute Gasteiger partial charge is 0.379 e. The minimum Gasteiger partial charge on any atom is -0.379 e. The standard InChI is InChI=1S/C12H23N5O/c1-10(7-11-8-18-6-5-14-11)13-4-3-12-16-15-9-17(12)2/h9-11,13-14H,3-8H2,1-2H3. The Bertz CT molecular complexity index is 348. The van der Waals surface area contributed by atoms with Gasteiger partial charge in [-0.2, -0.15) is 0 Å². The third kappa shape index (κ3) is 4.04. The number of aryl methyl sites for hydroxylation is 1. The molecule has 6 heteroatoms. The molecule has 6 nitrogen and oxygen atoms in total. The fourth-order valence-corrected chi connectivity index (χ4v) is 2.25. The first kappa shape index (κ1) is 13.5. The van der Waals surface area contributed by atoms with Crippen LogP contribution in [-0.2, 0) is 18.2 Å². The van der Waals surface area contributed by atoms with E-state index in [1.54, 1.807) is 6.33 Å². The molecule has 2 atom stereocenters. The molecular formula is C12H23N5O. The van der Waals surface area contributed by atoms with E-state index in [0.717, 1.165) is 45.0 Å². The summed E-state index contributed by atoms with van der Waals surface area (Å²) in [5, 5.41) is 14.9. The van der Waals surface area contributed by atoms with Crippen LogP contribution >= 0.6 is 0 Å². The molecule has 0 radical (unpaired) electrons. The van der Waals surface area contributed by atoms with Gasteiger partial charge in [-0.1, -0.05) is 0 Å². The van der Waals surface area contributed by atoms with Gasteiger partial charge in [0.2, 0.25) is 0 Å². The number of nitrogens with one attached hydrogen (secondary N) is 2. The van der Waals surface area contributed by atoms with Gasteiger partial charge in [-0.05, 0) is 13.3 Å². The van der Waals surface area contributed by atoms with Crippen molar-refractivity contribution in [3.63, 3.8) is 0 Å². The Labute approximate surface area is 108 Å². The van der Waals surface area contributed by atoms with Crippen LogP contribution in [0.25, 0.3) is 0 Å². The van der Waals surface area contributed by atoms with Crippen molar-refractivity contribution < 1.29 is 4.74 Å². The number of aromatic nitrogens is 3. The normalized spacial score (nSPS) is 22.0. The summed E-state index contributed by atoms with van der Waals surface area (Å²) in [4.78, 5) is 0. The Kier molecular flexibility index (Phi) is 5.10. The Morgan fingerprint density at radius 1 is 1.67 bits per heavy atom. The molecule has 102 valence electrons. The maximum Gasteiger partial charge on any atom is 0.133 e. The van der Waals surface area contributed by atoms with Gasteiger partial charge >= 0.3 is 0 Å². The molecule has 0 aliphatic carbocycles. The van der Waals surface area contributed by atoms with E-state index in [0.29, 0.717) is 12.1 Å². The molecule has 0 amide bonds. The molecule has 1 saturated heterocycles. The maximum absolute atomic E-state index is 5.45. The lowest BCUT2D eigenvalue weighted by Crippen LogP contribution is -2.45. The van der Waals surface area contributed by atoms with Crippen LogP contribution in [0, 0.1) is 0 Å². The van der Waals surface area contributed by atoms with Crippen molar-refractivity contribution in [2.24, 2.45) is 7.05 Å². The summed E-state index contributed by atoms with van der Waals surface area (Å²) >= 11 is 0. The highest BCUT2D eigenvalue weighted by atomic mass is 16.5. The van der Waals surface area contributed by atoms with E-state index in [9.17, 15) is 0 Å². The van der Waals surface area contributed by atoms with E-state index in [-0.39, 0.29) is 0 Å². The monoisotopic (exact) mass is 253 g/mol. The molecule has 1 fully saturated rings. The lowest BCUT2D eigenvalue weighted by atomic mass is 10.1. The first-order valence-corrected chi connectivity index (χ1v) is 6.63. The Hall–Kier alpha value is -0.980. The second-order valence-electron chi connectivity index (χ2n) is 4.92. The molecule has 2 unspecified atom stereocenters. The number of morpholine rings is 1. The van der Waals surface area contributed by atoms with E-state index in [4.69, 9.17) is 4.74 Å². The average Bonchev–Trinajstić information content (AvgIpc) is 2.76. The van der Waals surface area contributed by atoms with Crippen LogP contribution in [0.4, 0.5) is 0 Å². The SMILES string of the molecule is CC(CC1COCCN1)NCCc1nncn1C. The highest BCUT2D eigenvalue weighted by Crippen LogP contribution is 2.02. The van der Waals surface area contributed by atoms with Crippen LogP contribution in [0.5, 0.6) is 0 Å². The summed E-state index contributed by atoms with van der Waals surface area (Å²) in [5.74, 6) is 1.02. The molecular weight excluding hydrogens is 230 g/mol. The zero-order valence-electron chi connectivity index (χ0n) is 11.2. The summed E-state index contributed by atoms with van der Waals surface area (Å²) < 4.78 is 7.41. The lowest BCUT2D eigenvalue weighted by Gasteiger charge is -2.26. The lowest BCUT2D eigenvalue weighted by molar-refractivity contribution is 0.0713.